The van der Waals surface area contributed by atoms with Crippen molar-refractivity contribution in [3.8, 4) is 0 Å². The van der Waals surface area contributed by atoms with Crippen LogP contribution in [0.25, 0.3) is 0 Å². The zero-order valence-electron chi connectivity index (χ0n) is 13.2. The highest BCUT2D eigenvalue weighted by molar-refractivity contribution is 6.30. The average Bonchev–Trinajstić information content (AvgIpc) is 2.49. The summed E-state index contributed by atoms with van der Waals surface area (Å²) in [5, 5.41) is 3.75. The summed E-state index contributed by atoms with van der Waals surface area (Å²) in [6.07, 6.45) is 6.25. The van der Waals surface area contributed by atoms with Crippen LogP contribution in [0.15, 0.2) is 18.2 Å². The first-order valence-corrected chi connectivity index (χ1v) is 8.66. The number of benzene rings is 1. The summed E-state index contributed by atoms with van der Waals surface area (Å²) in [4.78, 5) is 0. The van der Waals surface area contributed by atoms with Crippen molar-refractivity contribution in [3.05, 3.63) is 34.6 Å². The van der Waals surface area contributed by atoms with Gasteiger partial charge >= 0.3 is 0 Å². The molecule has 1 aliphatic carbocycles. The fourth-order valence-corrected chi connectivity index (χ4v) is 3.82. The summed E-state index contributed by atoms with van der Waals surface area (Å²) in [5.74, 6) is 1.95. The van der Waals surface area contributed by atoms with Crippen LogP contribution in [-0.2, 0) is 6.42 Å². The number of hydrogen-bond acceptors (Lipinski definition) is 1. The van der Waals surface area contributed by atoms with Crippen LogP contribution in [-0.4, -0.2) is 13.1 Å². The quantitative estimate of drug-likeness (QED) is 0.773. The van der Waals surface area contributed by atoms with Crippen molar-refractivity contribution in [3.63, 3.8) is 0 Å². The van der Waals surface area contributed by atoms with Crippen molar-refractivity contribution < 1.29 is 4.39 Å². The molecule has 3 heteroatoms. The molecule has 1 aromatic carbocycles. The van der Waals surface area contributed by atoms with Gasteiger partial charge in [0.2, 0.25) is 0 Å². The van der Waals surface area contributed by atoms with Gasteiger partial charge in [0.1, 0.15) is 5.82 Å². The van der Waals surface area contributed by atoms with Crippen LogP contribution in [0.2, 0.25) is 5.02 Å². The summed E-state index contributed by atoms with van der Waals surface area (Å²) in [7, 11) is 0. The van der Waals surface area contributed by atoms with Crippen molar-refractivity contribution in [1.82, 2.24) is 5.32 Å². The van der Waals surface area contributed by atoms with Crippen LogP contribution >= 0.6 is 11.6 Å². The van der Waals surface area contributed by atoms with E-state index in [0.717, 1.165) is 31.3 Å². The van der Waals surface area contributed by atoms with Gasteiger partial charge in [0.15, 0.2) is 0 Å². The third-order valence-corrected chi connectivity index (χ3v) is 5.25. The Bertz CT molecular complexity index is 449. The van der Waals surface area contributed by atoms with Gasteiger partial charge in [-0.2, -0.15) is 0 Å². The van der Waals surface area contributed by atoms with E-state index in [2.05, 4.69) is 19.2 Å². The van der Waals surface area contributed by atoms with Gasteiger partial charge in [-0.25, -0.2) is 4.39 Å². The first kappa shape index (κ1) is 16.8. The molecule has 0 heterocycles. The predicted octanol–water partition coefficient (Wildman–Crippen LogP) is 5.07. The van der Waals surface area contributed by atoms with Gasteiger partial charge in [0.25, 0.3) is 0 Å². The number of rotatable bonds is 6. The highest BCUT2D eigenvalue weighted by Gasteiger charge is 2.29. The summed E-state index contributed by atoms with van der Waals surface area (Å²) in [6.45, 7) is 6.59. The Morgan fingerprint density at radius 2 is 2.05 bits per heavy atom. The normalized spacial score (nSPS) is 26.0. The lowest BCUT2D eigenvalue weighted by Gasteiger charge is -2.36. The summed E-state index contributed by atoms with van der Waals surface area (Å²) in [6, 6.07) is 5.19. The summed E-state index contributed by atoms with van der Waals surface area (Å²) >= 11 is 5.92. The van der Waals surface area contributed by atoms with Crippen LogP contribution in [0.3, 0.4) is 0 Å². The highest BCUT2D eigenvalue weighted by Crippen LogP contribution is 2.37. The summed E-state index contributed by atoms with van der Waals surface area (Å²) < 4.78 is 13.3. The van der Waals surface area contributed by atoms with Crippen LogP contribution in [0, 0.1) is 23.6 Å². The molecule has 1 fully saturated rings. The van der Waals surface area contributed by atoms with E-state index >= 15 is 0 Å². The van der Waals surface area contributed by atoms with Crippen molar-refractivity contribution in [2.45, 2.75) is 46.0 Å². The van der Waals surface area contributed by atoms with E-state index in [1.165, 1.54) is 37.3 Å². The molecule has 0 bridgehead atoms. The third-order valence-electron chi connectivity index (χ3n) is 4.96. The summed E-state index contributed by atoms with van der Waals surface area (Å²) in [5.41, 5.74) is 1.17. The zero-order chi connectivity index (χ0) is 15.2. The molecule has 118 valence electrons. The van der Waals surface area contributed by atoms with E-state index in [4.69, 9.17) is 11.6 Å². The molecule has 1 aromatic rings. The van der Waals surface area contributed by atoms with Crippen molar-refractivity contribution in [2.75, 3.05) is 13.1 Å². The van der Waals surface area contributed by atoms with Gasteiger partial charge < -0.3 is 5.32 Å². The molecule has 2 rings (SSSR count). The highest BCUT2D eigenvalue weighted by atomic mass is 35.5. The fraction of sp³-hybridized carbons (Fsp3) is 0.667. The van der Waals surface area contributed by atoms with Gasteiger partial charge in [0, 0.05) is 0 Å². The second-order valence-corrected chi connectivity index (χ2v) is 6.77. The molecular weight excluding hydrogens is 285 g/mol. The molecule has 0 saturated heterocycles. The molecule has 21 heavy (non-hydrogen) atoms. The second kappa shape index (κ2) is 8.14. The van der Waals surface area contributed by atoms with Crippen molar-refractivity contribution in [2.24, 2.45) is 17.8 Å². The van der Waals surface area contributed by atoms with Gasteiger partial charge in [-0.05, 0) is 67.8 Å². The van der Waals surface area contributed by atoms with Gasteiger partial charge in [0.05, 0.1) is 5.02 Å². The Kier molecular flexibility index (Phi) is 6.50. The minimum atomic E-state index is -0.320. The smallest absolute Gasteiger partial charge is 0.141 e. The van der Waals surface area contributed by atoms with Crippen LogP contribution in [0.1, 0.15) is 45.1 Å². The van der Waals surface area contributed by atoms with E-state index in [0.29, 0.717) is 5.92 Å². The van der Waals surface area contributed by atoms with E-state index in [9.17, 15) is 4.39 Å². The van der Waals surface area contributed by atoms with Crippen LogP contribution in [0.5, 0.6) is 0 Å². The number of halogens is 2. The predicted molar refractivity (Wildman–Crippen MR) is 88.3 cm³/mol. The first-order valence-electron chi connectivity index (χ1n) is 8.28. The van der Waals surface area contributed by atoms with Gasteiger partial charge in [-0.15, -0.1) is 0 Å². The Morgan fingerprint density at radius 1 is 1.24 bits per heavy atom. The minimum absolute atomic E-state index is 0.249. The minimum Gasteiger partial charge on any atom is -0.317 e. The molecule has 1 aliphatic rings. The molecule has 0 amide bonds. The molecule has 1 nitrogen and oxygen atoms in total. The number of hydrogen-bond donors (Lipinski definition) is 1. The van der Waals surface area contributed by atoms with Crippen molar-refractivity contribution >= 4 is 11.6 Å². The third kappa shape index (κ3) is 4.69. The molecule has 0 aliphatic heterocycles. The SMILES string of the molecule is CCNCC1CCC(CC)CC1Cc1ccc(F)c(Cl)c1. The van der Waals surface area contributed by atoms with Crippen LogP contribution in [0.4, 0.5) is 4.39 Å². The molecule has 0 spiro atoms. The molecule has 3 unspecified atom stereocenters. The second-order valence-electron chi connectivity index (χ2n) is 6.37. The largest absolute Gasteiger partial charge is 0.317 e. The molecule has 3 atom stereocenters. The lowest BCUT2D eigenvalue weighted by Crippen LogP contribution is -2.34. The van der Waals surface area contributed by atoms with Crippen LogP contribution < -0.4 is 5.32 Å². The molecule has 1 N–H and O–H groups in total. The maximum Gasteiger partial charge on any atom is 0.141 e. The Morgan fingerprint density at radius 3 is 2.71 bits per heavy atom. The zero-order valence-corrected chi connectivity index (χ0v) is 13.9. The lowest BCUT2D eigenvalue weighted by molar-refractivity contribution is 0.172. The van der Waals surface area contributed by atoms with Gasteiger partial charge in [-0.1, -0.05) is 44.4 Å². The van der Waals surface area contributed by atoms with E-state index in [-0.39, 0.29) is 10.8 Å². The van der Waals surface area contributed by atoms with Gasteiger partial charge in [-0.3, -0.25) is 0 Å². The Labute approximate surface area is 133 Å². The standard InChI is InChI=1S/C18H27ClFN/c1-3-13-5-7-15(12-21-4-2)16(9-13)10-14-6-8-18(20)17(19)11-14/h6,8,11,13,15-16,21H,3-5,7,9-10,12H2,1-2H3. The van der Waals surface area contributed by atoms with E-state index < -0.39 is 0 Å². The Balaban J connectivity index is 2.05. The average molecular weight is 312 g/mol. The lowest BCUT2D eigenvalue weighted by atomic mass is 9.71. The Hall–Kier alpha value is -0.600. The molecule has 0 radical (unpaired) electrons. The number of nitrogens with one attached hydrogen (secondary N) is 1. The van der Waals surface area contributed by atoms with E-state index in [1.807, 2.05) is 6.07 Å². The fourth-order valence-electron chi connectivity index (χ4n) is 3.61. The maximum absolute atomic E-state index is 13.3. The van der Waals surface area contributed by atoms with Crippen molar-refractivity contribution in [1.29, 1.82) is 0 Å². The first-order chi connectivity index (χ1) is 10.1. The monoisotopic (exact) mass is 311 g/mol. The molecule has 0 aromatic heterocycles. The van der Waals surface area contributed by atoms with E-state index in [1.54, 1.807) is 6.07 Å². The topological polar surface area (TPSA) is 12.0 Å². The maximum atomic E-state index is 13.3. The molecular formula is C18H27ClFN. The molecule has 1 saturated carbocycles.